The molecule has 1 unspecified atom stereocenters. The molecule has 1 atom stereocenters. The summed E-state index contributed by atoms with van der Waals surface area (Å²) in [6.07, 6.45) is 0. The van der Waals surface area contributed by atoms with Gasteiger partial charge in [-0.2, -0.15) is 0 Å². The third-order valence-electron chi connectivity index (χ3n) is 2.48. The van der Waals surface area contributed by atoms with Crippen LogP contribution in [-0.4, -0.2) is 0 Å². The molecule has 2 aromatic heterocycles. The van der Waals surface area contributed by atoms with Gasteiger partial charge in [0.1, 0.15) is 0 Å². The molecule has 2 aromatic rings. The predicted molar refractivity (Wildman–Crippen MR) is 78.2 cm³/mol. The van der Waals surface area contributed by atoms with Crippen molar-refractivity contribution in [2.45, 2.75) is 26.1 Å². The number of aryl methyl sites for hydroxylation is 3. The van der Waals surface area contributed by atoms with Crippen LogP contribution in [0.3, 0.4) is 0 Å². The van der Waals surface area contributed by atoms with Crippen LogP contribution < -0.4 is 0 Å². The second-order valence-corrected chi connectivity index (χ2v) is 8.14. The number of alkyl halides is 1. The van der Waals surface area contributed by atoms with Crippen LogP contribution in [0, 0.1) is 20.8 Å². The Labute approximate surface area is 117 Å². The Morgan fingerprint density at radius 3 is 2.31 bits per heavy atom. The van der Waals surface area contributed by atoms with Crippen molar-refractivity contribution in [1.82, 2.24) is 0 Å². The molecule has 0 aliphatic heterocycles. The molecule has 86 valence electrons. The lowest BCUT2D eigenvalue weighted by Gasteiger charge is -2.06. The fraction of sp³-hybridized carbons (Fsp3) is 0.333. The van der Waals surface area contributed by atoms with Crippen LogP contribution in [0.5, 0.6) is 0 Å². The first-order valence-electron chi connectivity index (χ1n) is 4.96. The van der Waals surface area contributed by atoms with E-state index in [0.29, 0.717) is 0 Å². The molecule has 0 nitrogen and oxygen atoms in total. The zero-order chi connectivity index (χ0) is 11.9. The van der Waals surface area contributed by atoms with Crippen LogP contribution in [0.15, 0.2) is 15.9 Å². The SMILES string of the molecule is Cc1cc(C(Cl)c2cc(C)c(Br)s2)c(C)s1. The van der Waals surface area contributed by atoms with Crippen molar-refractivity contribution in [3.63, 3.8) is 0 Å². The molecule has 0 fully saturated rings. The molecule has 2 rings (SSSR count). The van der Waals surface area contributed by atoms with Crippen LogP contribution in [-0.2, 0) is 0 Å². The molecule has 0 amide bonds. The third-order valence-corrected chi connectivity index (χ3v) is 6.26. The van der Waals surface area contributed by atoms with Gasteiger partial charge in [0, 0.05) is 14.6 Å². The molecule has 0 aliphatic carbocycles. The lowest BCUT2D eigenvalue weighted by atomic mass is 10.1. The minimum Gasteiger partial charge on any atom is -0.146 e. The molecule has 0 saturated carbocycles. The van der Waals surface area contributed by atoms with E-state index in [1.165, 1.54) is 29.5 Å². The minimum atomic E-state index is -0.0139. The fourth-order valence-corrected chi connectivity index (χ4v) is 4.68. The maximum absolute atomic E-state index is 6.53. The van der Waals surface area contributed by atoms with Crippen molar-refractivity contribution in [3.05, 3.63) is 41.7 Å². The van der Waals surface area contributed by atoms with Crippen molar-refractivity contribution in [2.75, 3.05) is 0 Å². The van der Waals surface area contributed by atoms with Crippen molar-refractivity contribution >= 4 is 50.2 Å². The molecule has 0 aromatic carbocycles. The second-order valence-electron chi connectivity index (χ2n) is 3.84. The first-order chi connectivity index (χ1) is 7.49. The summed E-state index contributed by atoms with van der Waals surface area (Å²) in [5, 5.41) is -0.0139. The highest BCUT2D eigenvalue weighted by Gasteiger charge is 2.18. The summed E-state index contributed by atoms with van der Waals surface area (Å²) in [6, 6.07) is 4.36. The van der Waals surface area contributed by atoms with Crippen molar-refractivity contribution in [2.24, 2.45) is 0 Å². The average molecular weight is 336 g/mol. The first kappa shape index (κ1) is 12.6. The first-order valence-corrected chi connectivity index (χ1v) is 7.82. The maximum Gasteiger partial charge on any atom is 0.0938 e. The van der Waals surface area contributed by atoms with E-state index in [1.807, 2.05) is 11.3 Å². The Balaban J connectivity index is 2.38. The molecule has 0 radical (unpaired) electrons. The van der Waals surface area contributed by atoms with E-state index in [9.17, 15) is 0 Å². The standard InChI is InChI=1S/C12H12BrClS2/c1-6-4-10(16-12(6)13)11(14)9-5-7(2)15-8(9)3/h4-5,11H,1-3H3. The van der Waals surface area contributed by atoms with E-state index in [-0.39, 0.29) is 5.38 Å². The van der Waals surface area contributed by atoms with Gasteiger partial charge in [-0.3, -0.25) is 0 Å². The zero-order valence-corrected chi connectivity index (χ0v) is 13.3. The second kappa shape index (κ2) is 4.81. The van der Waals surface area contributed by atoms with E-state index >= 15 is 0 Å². The summed E-state index contributed by atoms with van der Waals surface area (Å²) in [5.74, 6) is 0. The Morgan fingerprint density at radius 2 is 1.88 bits per heavy atom. The summed E-state index contributed by atoms with van der Waals surface area (Å²) >= 11 is 13.6. The monoisotopic (exact) mass is 334 g/mol. The van der Waals surface area contributed by atoms with Gasteiger partial charge in [-0.05, 0) is 60.0 Å². The number of rotatable bonds is 2. The molecule has 16 heavy (non-hydrogen) atoms. The Kier molecular flexibility index (Phi) is 3.79. The predicted octanol–water partition coefficient (Wildman–Crippen LogP) is 5.83. The largest absolute Gasteiger partial charge is 0.146 e. The Hall–Kier alpha value is 0.170. The van der Waals surface area contributed by atoms with E-state index in [1.54, 1.807) is 11.3 Å². The van der Waals surface area contributed by atoms with Crippen molar-refractivity contribution in [1.29, 1.82) is 0 Å². The number of hydrogen-bond donors (Lipinski definition) is 0. The lowest BCUT2D eigenvalue weighted by Crippen LogP contribution is -1.89. The van der Waals surface area contributed by atoms with Crippen LogP contribution in [0.25, 0.3) is 0 Å². The molecule has 4 heteroatoms. The average Bonchev–Trinajstić information content (AvgIpc) is 2.70. The van der Waals surface area contributed by atoms with Crippen LogP contribution in [0.1, 0.15) is 31.1 Å². The molecule has 0 N–H and O–H groups in total. The van der Waals surface area contributed by atoms with Gasteiger partial charge in [0.05, 0.1) is 9.16 Å². The van der Waals surface area contributed by atoms with Crippen LogP contribution >= 0.6 is 50.2 Å². The van der Waals surface area contributed by atoms with Crippen LogP contribution in [0.2, 0.25) is 0 Å². The lowest BCUT2D eigenvalue weighted by molar-refractivity contribution is 1.17. The summed E-state index contributed by atoms with van der Waals surface area (Å²) in [5.41, 5.74) is 2.51. The summed E-state index contributed by atoms with van der Waals surface area (Å²) < 4.78 is 1.18. The number of hydrogen-bond acceptors (Lipinski definition) is 2. The molecule has 0 spiro atoms. The molecule has 0 aliphatic rings. The van der Waals surface area contributed by atoms with Gasteiger partial charge in [-0.1, -0.05) is 0 Å². The zero-order valence-electron chi connectivity index (χ0n) is 9.30. The molecular weight excluding hydrogens is 324 g/mol. The van der Waals surface area contributed by atoms with E-state index in [4.69, 9.17) is 11.6 Å². The van der Waals surface area contributed by atoms with Gasteiger partial charge in [-0.15, -0.1) is 34.3 Å². The normalized spacial score (nSPS) is 13.1. The smallest absolute Gasteiger partial charge is 0.0938 e. The molecule has 0 saturated heterocycles. The fourth-order valence-electron chi connectivity index (χ4n) is 1.66. The van der Waals surface area contributed by atoms with E-state index < -0.39 is 0 Å². The topological polar surface area (TPSA) is 0 Å². The van der Waals surface area contributed by atoms with Gasteiger partial charge in [0.2, 0.25) is 0 Å². The summed E-state index contributed by atoms with van der Waals surface area (Å²) in [4.78, 5) is 3.86. The summed E-state index contributed by atoms with van der Waals surface area (Å²) in [6.45, 7) is 6.36. The highest BCUT2D eigenvalue weighted by molar-refractivity contribution is 9.11. The van der Waals surface area contributed by atoms with E-state index in [0.717, 1.165) is 0 Å². The molecular formula is C12H12BrClS2. The van der Waals surface area contributed by atoms with Gasteiger partial charge in [-0.25, -0.2) is 0 Å². The van der Waals surface area contributed by atoms with Crippen molar-refractivity contribution in [3.8, 4) is 0 Å². The summed E-state index contributed by atoms with van der Waals surface area (Å²) in [7, 11) is 0. The van der Waals surface area contributed by atoms with Crippen molar-refractivity contribution < 1.29 is 0 Å². The third kappa shape index (κ3) is 2.37. The van der Waals surface area contributed by atoms with Gasteiger partial charge >= 0.3 is 0 Å². The highest BCUT2D eigenvalue weighted by Crippen LogP contribution is 2.40. The quantitative estimate of drug-likeness (QED) is 0.606. The number of halogens is 2. The minimum absolute atomic E-state index is 0.0139. The molecule has 2 heterocycles. The Morgan fingerprint density at radius 1 is 1.19 bits per heavy atom. The maximum atomic E-state index is 6.53. The van der Waals surface area contributed by atoms with Gasteiger partial charge < -0.3 is 0 Å². The highest BCUT2D eigenvalue weighted by atomic mass is 79.9. The van der Waals surface area contributed by atoms with Gasteiger partial charge in [0.15, 0.2) is 0 Å². The van der Waals surface area contributed by atoms with Gasteiger partial charge in [0.25, 0.3) is 0 Å². The van der Waals surface area contributed by atoms with Crippen LogP contribution in [0.4, 0.5) is 0 Å². The van der Waals surface area contributed by atoms with E-state index in [2.05, 4.69) is 48.8 Å². The molecule has 0 bridgehead atoms. The Bertz CT molecular complexity index is 494. The number of thiophene rings is 2.